The Hall–Kier alpha value is -0.730. The summed E-state index contributed by atoms with van der Waals surface area (Å²) >= 11 is 0. The molecule has 1 saturated heterocycles. The van der Waals surface area contributed by atoms with Gasteiger partial charge in [-0.25, -0.2) is 4.79 Å². The second-order valence-electron chi connectivity index (χ2n) is 8.35. The Bertz CT molecular complexity index is 403. The number of hydrogen-bond donors (Lipinski definition) is 1. The molecule has 1 unspecified atom stereocenters. The van der Waals surface area contributed by atoms with Crippen LogP contribution in [0.1, 0.15) is 51.4 Å². The van der Waals surface area contributed by atoms with Gasteiger partial charge in [0.15, 0.2) is 0 Å². The van der Waals surface area contributed by atoms with Crippen molar-refractivity contribution in [3.63, 3.8) is 0 Å². The predicted octanol–water partition coefficient (Wildman–Crippen LogP) is 3.01. The number of carbonyl (C=O) groups is 1. The third-order valence-electron chi connectivity index (χ3n) is 6.92. The van der Waals surface area contributed by atoms with Crippen LogP contribution in [0.5, 0.6) is 0 Å². The van der Waals surface area contributed by atoms with Gasteiger partial charge in [-0.2, -0.15) is 0 Å². The Morgan fingerprint density at radius 3 is 2.25 bits per heavy atom. The van der Waals surface area contributed by atoms with Crippen molar-refractivity contribution in [3.05, 3.63) is 0 Å². The lowest BCUT2D eigenvalue weighted by atomic mass is 9.53. The van der Waals surface area contributed by atoms with E-state index in [0.29, 0.717) is 12.1 Å². The molecule has 0 aromatic heterocycles. The summed E-state index contributed by atoms with van der Waals surface area (Å²) in [5.74, 6) is 4.59. The maximum Gasteiger partial charge on any atom is 0.318 e. The quantitative estimate of drug-likeness (QED) is 0.843. The fraction of sp³-hybridized carbons (Fsp3) is 0.941. The molecule has 5 saturated carbocycles. The summed E-state index contributed by atoms with van der Waals surface area (Å²) in [5, 5.41) is 3.15. The van der Waals surface area contributed by atoms with Crippen molar-refractivity contribution >= 4 is 6.03 Å². The lowest BCUT2D eigenvalue weighted by molar-refractivity contribution is -0.0562. The number of carbonyl (C=O) groups excluding carboxylic acids is 1. The van der Waals surface area contributed by atoms with E-state index in [2.05, 4.69) is 10.2 Å². The predicted molar refractivity (Wildman–Crippen MR) is 77.2 cm³/mol. The Morgan fingerprint density at radius 2 is 1.65 bits per heavy atom. The number of amides is 2. The molecule has 1 N–H and O–H groups in total. The van der Waals surface area contributed by atoms with Crippen molar-refractivity contribution in [2.45, 2.75) is 63.5 Å². The third-order valence-corrected chi connectivity index (χ3v) is 6.92. The van der Waals surface area contributed by atoms with Crippen molar-refractivity contribution in [2.24, 2.45) is 29.6 Å². The Morgan fingerprint density at radius 1 is 1.00 bits per heavy atom. The number of hydrogen-bond acceptors (Lipinski definition) is 1. The highest BCUT2D eigenvalue weighted by molar-refractivity contribution is 5.77. The molecule has 0 aromatic rings. The molecule has 2 amide bonds. The molecule has 6 aliphatic rings. The zero-order valence-corrected chi connectivity index (χ0v) is 12.3. The monoisotopic (exact) mass is 274 g/mol. The smallest absolute Gasteiger partial charge is 0.318 e. The van der Waals surface area contributed by atoms with Crippen molar-refractivity contribution in [1.29, 1.82) is 0 Å². The summed E-state index contributed by atoms with van der Waals surface area (Å²) in [7, 11) is 0. The second kappa shape index (κ2) is 4.14. The maximum atomic E-state index is 12.4. The lowest BCUT2D eigenvalue weighted by Gasteiger charge is -2.57. The van der Waals surface area contributed by atoms with E-state index in [9.17, 15) is 4.79 Å². The molecule has 0 spiro atoms. The Balaban J connectivity index is 1.41. The SMILES string of the molecule is O=C1NCC(CC2CC2)N1C1C2CC3CC(C2)CC1C3. The van der Waals surface area contributed by atoms with Crippen molar-refractivity contribution in [1.82, 2.24) is 10.2 Å². The van der Waals surface area contributed by atoms with Gasteiger partial charge in [-0.1, -0.05) is 12.8 Å². The fourth-order valence-electron chi connectivity index (χ4n) is 6.23. The van der Waals surface area contributed by atoms with Gasteiger partial charge in [0.05, 0.1) is 6.04 Å². The Labute approximate surface area is 121 Å². The Kier molecular flexibility index (Phi) is 2.46. The normalized spacial score (nSPS) is 49.8. The average molecular weight is 274 g/mol. The van der Waals surface area contributed by atoms with Crippen molar-refractivity contribution < 1.29 is 4.79 Å². The van der Waals surface area contributed by atoms with Crippen LogP contribution in [0.2, 0.25) is 0 Å². The molecule has 110 valence electrons. The van der Waals surface area contributed by atoms with Gasteiger partial charge in [0.2, 0.25) is 0 Å². The van der Waals surface area contributed by atoms with Crippen molar-refractivity contribution in [3.8, 4) is 0 Å². The van der Waals surface area contributed by atoms with E-state index < -0.39 is 0 Å². The molecule has 4 bridgehead atoms. The molecule has 1 heterocycles. The molecule has 1 aliphatic heterocycles. The van der Waals surface area contributed by atoms with Crippen LogP contribution in [-0.4, -0.2) is 29.6 Å². The van der Waals surface area contributed by atoms with Crippen LogP contribution in [0.15, 0.2) is 0 Å². The summed E-state index contributed by atoms with van der Waals surface area (Å²) in [4.78, 5) is 14.8. The van der Waals surface area contributed by atoms with Gasteiger partial charge in [-0.3, -0.25) is 0 Å². The molecule has 0 aromatic carbocycles. The van der Waals surface area contributed by atoms with Gasteiger partial charge in [0.25, 0.3) is 0 Å². The highest BCUT2D eigenvalue weighted by atomic mass is 16.2. The minimum Gasteiger partial charge on any atom is -0.336 e. The molecule has 6 rings (SSSR count). The zero-order valence-electron chi connectivity index (χ0n) is 12.3. The first-order valence-corrected chi connectivity index (χ1v) is 8.84. The zero-order chi connectivity index (χ0) is 13.3. The van der Waals surface area contributed by atoms with Gasteiger partial charge >= 0.3 is 6.03 Å². The van der Waals surface area contributed by atoms with Crippen LogP contribution in [0, 0.1) is 29.6 Å². The van der Waals surface area contributed by atoms with E-state index >= 15 is 0 Å². The summed E-state index contributed by atoms with van der Waals surface area (Å²) in [5.41, 5.74) is 0. The standard InChI is InChI=1S/C17H26N2O/c20-17-18-9-15(8-10-1-2-10)19(17)16-13-4-11-3-12(6-13)7-14(16)5-11/h10-16H,1-9H2,(H,18,20). The number of nitrogens with zero attached hydrogens (tertiary/aromatic N) is 1. The van der Waals surface area contributed by atoms with Crippen molar-refractivity contribution in [2.75, 3.05) is 6.54 Å². The van der Waals surface area contributed by atoms with E-state index in [0.717, 1.165) is 36.1 Å². The van der Waals surface area contributed by atoms with Crippen LogP contribution in [0.25, 0.3) is 0 Å². The molecule has 20 heavy (non-hydrogen) atoms. The van der Waals surface area contributed by atoms with E-state index in [1.165, 1.54) is 51.4 Å². The summed E-state index contributed by atoms with van der Waals surface area (Å²) < 4.78 is 0. The van der Waals surface area contributed by atoms with E-state index in [1.807, 2.05) is 0 Å². The summed E-state index contributed by atoms with van der Waals surface area (Å²) in [6.07, 6.45) is 11.2. The highest BCUT2D eigenvalue weighted by Gasteiger charge is 2.53. The highest BCUT2D eigenvalue weighted by Crippen LogP contribution is 2.56. The molecule has 3 nitrogen and oxygen atoms in total. The number of nitrogens with one attached hydrogen (secondary N) is 1. The summed E-state index contributed by atoms with van der Waals surface area (Å²) in [6.45, 7) is 0.915. The fourth-order valence-corrected chi connectivity index (χ4v) is 6.23. The molecule has 0 radical (unpaired) electrons. The topological polar surface area (TPSA) is 32.3 Å². The van der Waals surface area contributed by atoms with Gasteiger partial charge in [0, 0.05) is 12.6 Å². The molecular formula is C17H26N2O. The van der Waals surface area contributed by atoms with Crippen LogP contribution in [-0.2, 0) is 0 Å². The maximum absolute atomic E-state index is 12.4. The second-order valence-corrected chi connectivity index (χ2v) is 8.35. The van der Waals surface area contributed by atoms with Gasteiger partial charge < -0.3 is 10.2 Å². The largest absolute Gasteiger partial charge is 0.336 e. The van der Waals surface area contributed by atoms with E-state index in [-0.39, 0.29) is 6.03 Å². The first kappa shape index (κ1) is 11.9. The number of urea groups is 1. The molecule has 3 heteroatoms. The van der Waals surface area contributed by atoms with Gasteiger partial charge in [0.1, 0.15) is 0 Å². The van der Waals surface area contributed by atoms with E-state index in [4.69, 9.17) is 0 Å². The summed E-state index contributed by atoms with van der Waals surface area (Å²) in [6, 6.07) is 1.36. The van der Waals surface area contributed by atoms with E-state index in [1.54, 1.807) is 0 Å². The van der Waals surface area contributed by atoms with Gasteiger partial charge in [-0.05, 0) is 68.1 Å². The average Bonchev–Trinajstić information content (AvgIpc) is 3.15. The molecule has 5 aliphatic carbocycles. The molecular weight excluding hydrogens is 248 g/mol. The van der Waals surface area contributed by atoms with Gasteiger partial charge in [-0.15, -0.1) is 0 Å². The first-order valence-electron chi connectivity index (χ1n) is 8.84. The number of rotatable bonds is 3. The van der Waals surface area contributed by atoms with Crippen LogP contribution >= 0.6 is 0 Å². The lowest BCUT2D eigenvalue weighted by Crippen LogP contribution is -2.58. The van der Waals surface area contributed by atoms with Crippen LogP contribution < -0.4 is 5.32 Å². The minimum absolute atomic E-state index is 0.258. The molecule has 1 atom stereocenters. The first-order chi connectivity index (χ1) is 9.78. The van der Waals surface area contributed by atoms with Crippen LogP contribution in [0.3, 0.4) is 0 Å². The van der Waals surface area contributed by atoms with Crippen LogP contribution in [0.4, 0.5) is 4.79 Å². The minimum atomic E-state index is 0.258. The third kappa shape index (κ3) is 1.74. The molecule has 6 fully saturated rings.